The van der Waals surface area contributed by atoms with Gasteiger partial charge in [0, 0.05) is 37.3 Å². The molecule has 1 aliphatic heterocycles. The van der Waals surface area contributed by atoms with Gasteiger partial charge in [0.2, 0.25) is 0 Å². The first-order valence-corrected chi connectivity index (χ1v) is 8.97. The van der Waals surface area contributed by atoms with Gasteiger partial charge in [0.05, 0.1) is 13.2 Å². The molecule has 1 aromatic carbocycles. The predicted octanol–water partition coefficient (Wildman–Crippen LogP) is 1.65. The van der Waals surface area contributed by atoms with Crippen LogP contribution in [0.4, 0.5) is 0 Å². The van der Waals surface area contributed by atoms with Crippen LogP contribution in [0.3, 0.4) is 0 Å². The molecule has 4 rings (SSSR count). The second-order valence-electron chi connectivity index (χ2n) is 6.50. The summed E-state index contributed by atoms with van der Waals surface area (Å²) in [5.74, 6) is 2.10. The first-order valence-electron chi connectivity index (χ1n) is 8.97. The van der Waals surface area contributed by atoms with Crippen molar-refractivity contribution in [1.82, 2.24) is 35.9 Å². The van der Waals surface area contributed by atoms with Crippen LogP contribution in [-0.4, -0.2) is 39.9 Å². The monoisotopic (exact) mass is 401 g/mol. The SMILES string of the molecule is COc1cccc(C2NNCC2CNCc2cccnc2-n2cncn2)c1.Cl. The third-order valence-electron chi connectivity index (χ3n) is 4.77. The molecule has 2 unspecified atom stereocenters. The molecule has 0 amide bonds. The van der Waals surface area contributed by atoms with Crippen molar-refractivity contribution < 1.29 is 4.74 Å². The highest BCUT2D eigenvalue weighted by molar-refractivity contribution is 5.85. The molecule has 1 saturated heterocycles. The molecule has 8 nitrogen and oxygen atoms in total. The molecule has 0 radical (unpaired) electrons. The first kappa shape index (κ1) is 20.2. The van der Waals surface area contributed by atoms with E-state index < -0.39 is 0 Å². The topological polar surface area (TPSA) is 88.9 Å². The van der Waals surface area contributed by atoms with Gasteiger partial charge in [0.25, 0.3) is 0 Å². The maximum Gasteiger partial charge on any atom is 0.159 e. The van der Waals surface area contributed by atoms with Crippen molar-refractivity contribution in [2.45, 2.75) is 12.6 Å². The lowest BCUT2D eigenvalue weighted by molar-refractivity contribution is 0.409. The third-order valence-corrected chi connectivity index (χ3v) is 4.77. The number of nitrogens with zero attached hydrogens (tertiary/aromatic N) is 4. The number of ether oxygens (including phenoxy) is 1. The number of rotatable bonds is 7. The van der Waals surface area contributed by atoms with Crippen LogP contribution in [0.1, 0.15) is 17.2 Å². The summed E-state index contributed by atoms with van der Waals surface area (Å²) in [6, 6.07) is 12.4. The minimum atomic E-state index is 0. The Hall–Kier alpha value is -2.52. The van der Waals surface area contributed by atoms with Crippen molar-refractivity contribution in [2.75, 3.05) is 20.2 Å². The van der Waals surface area contributed by atoms with E-state index >= 15 is 0 Å². The first-order chi connectivity index (χ1) is 13.3. The molecule has 3 heterocycles. The average molecular weight is 402 g/mol. The van der Waals surface area contributed by atoms with Crippen molar-refractivity contribution in [1.29, 1.82) is 0 Å². The van der Waals surface area contributed by atoms with Gasteiger partial charge in [0.15, 0.2) is 5.82 Å². The second kappa shape index (κ2) is 9.61. The van der Waals surface area contributed by atoms with Crippen LogP contribution in [0.5, 0.6) is 5.75 Å². The number of methoxy groups -OCH3 is 1. The molecule has 0 saturated carbocycles. The lowest BCUT2D eigenvalue weighted by atomic mass is 9.94. The van der Waals surface area contributed by atoms with Crippen LogP contribution in [0.2, 0.25) is 0 Å². The number of benzene rings is 1. The van der Waals surface area contributed by atoms with E-state index in [1.54, 1.807) is 24.3 Å². The minimum absolute atomic E-state index is 0. The van der Waals surface area contributed by atoms with Crippen LogP contribution in [0, 0.1) is 5.92 Å². The Morgan fingerprint density at radius 3 is 3.04 bits per heavy atom. The summed E-state index contributed by atoms with van der Waals surface area (Å²) in [6.45, 7) is 2.48. The van der Waals surface area contributed by atoms with Gasteiger partial charge < -0.3 is 10.1 Å². The molecule has 148 valence electrons. The number of aromatic nitrogens is 4. The molecule has 2 aromatic heterocycles. The maximum atomic E-state index is 5.35. The van der Waals surface area contributed by atoms with Gasteiger partial charge in [-0.05, 0) is 23.8 Å². The molecule has 28 heavy (non-hydrogen) atoms. The molecule has 0 spiro atoms. The number of hydrogen-bond acceptors (Lipinski definition) is 7. The lowest BCUT2D eigenvalue weighted by Crippen LogP contribution is -2.29. The van der Waals surface area contributed by atoms with E-state index in [1.807, 2.05) is 18.2 Å². The van der Waals surface area contributed by atoms with Gasteiger partial charge in [-0.1, -0.05) is 18.2 Å². The van der Waals surface area contributed by atoms with E-state index in [1.165, 1.54) is 11.9 Å². The second-order valence-corrected chi connectivity index (χ2v) is 6.50. The average Bonchev–Trinajstić information content (AvgIpc) is 3.41. The number of hydrazine groups is 1. The minimum Gasteiger partial charge on any atom is -0.497 e. The standard InChI is InChI=1S/C19H23N7O.ClH/c1-27-17-6-2-4-14(8-17)18-16(11-23-25-18)10-20-9-15-5-3-7-22-19(15)26-13-21-12-24-26;/h2-8,12-13,16,18,20,23,25H,9-11H2,1H3;1H. The summed E-state index contributed by atoms with van der Waals surface area (Å²) in [5, 5.41) is 7.75. The molecule has 0 bridgehead atoms. The van der Waals surface area contributed by atoms with Gasteiger partial charge in [0.1, 0.15) is 18.4 Å². The van der Waals surface area contributed by atoms with Crippen LogP contribution in [0.25, 0.3) is 5.82 Å². The Kier molecular flexibility index (Phi) is 6.94. The van der Waals surface area contributed by atoms with E-state index in [4.69, 9.17) is 4.74 Å². The van der Waals surface area contributed by atoms with Crippen LogP contribution >= 0.6 is 12.4 Å². The van der Waals surface area contributed by atoms with Crippen LogP contribution in [0.15, 0.2) is 55.2 Å². The molecule has 9 heteroatoms. The summed E-state index contributed by atoms with van der Waals surface area (Å²) in [6.07, 6.45) is 4.94. The lowest BCUT2D eigenvalue weighted by Gasteiger charge is -2.20. The fraction of sp³-hybridized carbons (Fsp3) is 0.316. The Morgan fingerprint density at radius 1 is 1.29 bits per heavy atom. The van der Waals surface area contributed by atoms with E-state index in [-0.39, 0.29) is 18.4 Å². The molecular weight excluding hydrogens is 378 g/mol. The smallest absolute Gasteiger partial charge is 0.159 e. The van der Waals surface area contributed by atoms with Gasteiger partial charge in [-0.25, -0.2) is 20.1 Å². The zero-order valence-electron chi connectivity index (χ0n) is 15.6. The number of halogens is 1. The third kappa shape index (κ3) is 4.48. The van der Waals surface area contributed by atoms with Crippen LogP contribution in [-0.2, 0) is 6.54 Å². The van der Waals surface area contributed by atoms with Gasteiger partial charge in [-0.15, -0.1) is 12.4 Å². The molecule has 3 aromatic rings. The molecule has 2 atom stereocenters. The zero-order chi connectivity index (χ0) is 18.5. The van der Waals surface area contributed by atoms with Gasteiger partial charge in [-0.2, -0.15) is 5.10 Å². The van der Waals surface area contributed by atoms with E-state index in [0.717, 1.165) is 30.2 Å². The van der Waals surface area contributed by atoms with Crippen molar-refractivity contribution >= 4 is 12.4 Å². The molecular formula is C19H24ClN7O. The van der Waals surface area contributed by atoms with Crippen molar-refractivity contribution in [3.05, 3.63) is 66.4 Å². The van der Waals surface area contributed by atoms with Gasteiger partial charge in [-0.3, -0.25) is 5.43 Å². The summed E-state index contributed by atoms with van der Waals surface area (Å²) >= 11 is 0. The van der Waals surface area contributed by atoms with Gasteiger partial charge >= 0.3 is 0 Å². The predicted molar refractivity (Wildman–Crippen MR) is 108 cm³/mol. The summed E-state index contributed by atoms with van der Waals surface area (Å²) in [4.78, 5) is 8.44. The Morgan fingerprint density at radius 2 is 2.21 bits per heavy atom. The Balaban J connectivity index is 0.00000225. The largest absolute Gasteiger partial charge is 0.497 e. The van der Waals surface area contributed by atoms with E-state index in [0.29, 0.717) is 12.5 Å². The highest BCUT2D eigenvalue weighted by Gasteiger charge is 2.28. The Bertz CT molecular complexity index is 874. The Labute approximate surface area is 170 Å². The van der Waals surface area contributed by atoms with Crippen molar-refractivity contribution in [3.63, 3.8) is 0 Å². The summed E-state index contributed by atoms with van der Waals surface area (Å²) in [5.41, 5.74) is 8.95. The van der Waals surface area contributed by atoms with Crippen molar-refractivity contribution in [2.24, 2.45) is 5.92 Å². The maximum absolute atomic E-state index is 5.35. The molecule has 3 N–H and O–H groups in total. The normalized spacial score (nSPS) is 18.6. The molecule has 1 fully saturated rings. The molecule has 1 aliphatic rings. The van der Waals surface area contributed by atoms with Crippen molar-refractivity contribution in [3.8, 4) is 11.6 Å². The summed E-state index contributed by atoms with van der Waals surface area (Å²) in [7, 11) is 1.69. The number of hydrogen-bond donors (Lipinski definition) is 3. The fourth-order valence-electron chi connectivity index (χ4n) is 3.40. The highest BCUT2D eigenvalue weighted by Crippen LogP contribution is 2.27. The highest BCUT2D eigenvalue weighted by atomic mass is 35.5. The fourth-order valence-corrected chi connectivity index (χ4v) is 3.40. The quantitative estimate of drug-likeness (QED) is 0.554. The number of nitrogens with one attached hydrogen (secondary N) is 3. The molecule has 0 aliphatic carbocycles. The van der Waals surface area contributed by atoms with Crippen LogP contribution < -0.4 is 20.9 Å². The van der Waals surface area contributed by atoms with E-state index in [2.05, 4.69) is 49.4 Å². The van der Waals surface area contributed by atoms with E-state index in [9.17, 15) is 0 Å². The summed E-state index contributed by atoms with van der Waals surface area (Å²) < 4.78 is 7.04. The number of pyridine rings is 1. The zero-order valence-corrected chi connectivity index (χ0v) is 16.4.